The van der Waals surface area contributed by atoms with E-state index in [0.717, 1.165) is 99.9 Å². The number of methoxy groups -OCH3 is 2. The molecule has 4 N–H and O–H groups in total. The van der Waals surface area contributed by atoms with E-state index in [9.17, 15) is 43.5 Å². The molecule has 572 valence electrons. The van der Waals surface area contributed by atoms with Crippen molar-refractivity contribution in [3.63, 3.8) is 0 Å². The Morgan fingerprint density at radius 2 is 0.790 bits per heavy atom. The van der Waals surface area contributed by atoms with Crippen LogP contribution in [0.5, 0.6) is 0 Å². The number of hydrogen-bond donors (Lipinski definition) is 4. The number of Topliss-reactive ketones (excluding diaryl/α,β-unsaturated/α-hetero) is 4. The molecular weight excluding hydrogens is 1330 g/mol. The number of carbonyl (C=O) groups excluding carboxylic acids is 7. The largest absolute Gasteiger partial charge is 0.481 e. The zero-order chi connectivity index (χ0) is 72.0. The number of amides is 3. The molecule has 0 unspecified atom stereocenters. The van der Waals surface area contributed by atoms with Gasteiger partial charge in [-0.25, -0.2) is 0 Å². The van der Waals surface area contributed by atoms with Crippen molar-refractivity contribution in [2.45, 2.75) is 157 Å². The number of aliphatic carboxylic acids is 1. The lowest BCUT2D eigenvalue weighted by Gasteiger charge is -2.26. The number of carbonyl (C=O) groups is 8. The van der Waals surface area contributed by atoms with Crippen molar-refractivity contribution in [3.05, 3.63) is 214 Å². The lowest BCUT2D eigenvalue weighted by atomic mass is 9.90. The maximum absolute atomic E-state index is 13.9. The lowest BCUT2D eigenvalue weighted by molar-refractivity contribution is -0.146. The molecule has 4 aliphatic rings. The second-order valence-electron chi connectivity index (χ2n) is 27.1. The monoisotopic (exact) mass is 1450 g/mol. The Hall–Kier alpha value is -8.44. The molecule has 0 aromatic heterocycles. The van der Waals surface area contributed by atoms with Gasteiger partial charge in [0.2, 0.25) is 17.7 Å². The number of epoxide rings is 2. The highest BCUT2D eigenvalue weighted by Crippen LogP contribution is 2.32. The molecule has 6 aromatic rings. The molecule has 0 saturated carbocycles. The molecule has 20 heteroatoms. The molecule has 0 radical (unpaired) electrons. The summed E-state index contributed by atoms with van der Waals surface area (Å²) in [6.07, 6.45) is 2.95. The summed E-state index contributed by atoms with van der Waals surface area (Å²) >= 11 is 0. The number of carboxylic acid groups (broad SMARTS) is 1. The summed E-state index contributed by atoms with van der Waals surface area (Å²) in [5.41, 5.74) is 6.83. The number of carboxylic acids is 1. The molecule has 20 nitrogen and oxygen atoms in total. The topological polar surface area (TPSA) is 261 Å². The predicted octanol–water partition coefficient (Wildman–Crippen LogP) is 10.7. The van der Waals surface area contributed by atoms with E-state index in [1.165, 1.54) is 30.9 Å². The van der Waals surface area contributed by atoms with Crippen LogP contribution in [-0.4, -0.2) is 184 Å². The second kappa shape index (κ2) is 45.8. The number of rotatable bonds is 37. The summed E-state index contributed by atoms with van der Waals surface area (Å²) in [5.74, 6) is -4.39. The SMILES string of the molecule is C.C.C.C.COC[C@H](CC(=O)[C@H](CCc1ccccc1)NC(=O)Cc1ccc(CN2CCOCC2)cc1)C(=O)N[C@@H](Cc1ccccc1)C(=O)[C@@]1(C)CO1.COC[C@H](CC(=O)[C@H](CCc1ccccc1)NC(=O)Cc1ccc(CN2CCOCC2)cc1)C(=O)O.C[C@@H](Cc1ccccc1)C(=O)[C@@]1(C)CO1. The van der Waals surface area contributed by atoms with Crippen LogP contribution in [0.3, 0.4) is 0 Å². The smallest absolute Gasteiger partial charge is 0.309 e. The van der Waals surface area contributed by atoms with Crippen LogP contribution in [-0.2, 0) is 118 Å². The van der Waals surface area contributed by atoms with Crippen LogP contribution in [0.1, 0.15) is 121 Å². The minimum absolute atomic E-state index is 0. The number of benzene rings is 6. The Balaban J connectivity index is 0.000000369. The number of morpholine rings is 2. The fraction of sp³-hybridized carbons (Fsp3) is 0.482. The van der Waals surface area contributed by atoms with Crippen molar-refractivity contribution in [2.24, 2.45) is 17.8 Å². The van der Waals surface area contributed by atoms with Crippen molar-refractivity contribution in [3.8, 4) is 0 Å². The Morgan fingerprint density at radius 3 is 1.16 bits per heavy atom. The molecule has 6 aromatic carbocycles. The van der Waals surface area contributed by atoms with Gasteiger partial charge in [-0.2, -0.15) is 0 Å². The number of ether oxygens (including phenoxy) is 6. The standard InChI is InChI=1S/C40H49N3O7.C28H36N2O6.C13H16O2.4CH4/c1-40(28-50-40)38(46)35(23-30-11-7-4-8-12-30)42-39(47)33(27-48-2)25-36(44)34(18-17-29-9-5-3-6-10-29)41-37(45)24-31-13-15-32(16-14-31)26-43-19-21-49-22-20-43;1-35-20-24(28(33)34)18-26(31)25(12-11-21-5-3-2-4-6-21)29-27(32)17-22-7-9-23(10-8-22)19-30-13-15-36-16-14-30;1-10(12(14)13(2)9-15-13)8-11-6-4-3-5-7-11;;;;/h3-16,33-35H,17-28H2,1-2H3,(H,41,45)(H,42,47);2-10,24-25H,11-20H2,1H3,(H,29,32)(H,33,34);3-7,10H,8-9H2,1-2H3;4*1H4/t33-,34-,35-,40+;24-,25-;10-,13+;;;;/m000..../s1. The Kier molecular flexibility index (Phi) is 38.8. The molecule has 0 aliphatic carbocycles. The predicted molar refractivity (Wildman–Crippen MR) is 411 cm³/mol. The zero-order valence-corrected chi connectivity index (χ0v) is 59.2. The van der Waals surface area contributed by atoms with Crippen LogP contribution in [0.25, 0.3) is 0 Å². The van der Waals surface area contributed by atoms with Crippen LogP contribution in [0.15, 0.2) is 170 Å². The van der Waals surface area contributed by atoms with E-state index in [-0.39, 0.29) is 109 Å². The molecule has 4 aliphatic heterocycles. The summed E-state index contributed by atoms with van der Waals surface area (Å²) in [4.78, 5) is 108. The van der Waals surface area contributed by atoms with Gasteiger partial charge in [-0.05, 0) is 96.9 Å². The van der Waals surface area contributed by atoms with Gasteiger partial charge in [0.05, 0.1) is 95.7 Å². The first-order chi connectivity index (χ1) is 48.8. The van der Waals surface area contributed by atoms with E-state index in [0.29, 0.717) is 45.3 Å². The van der Waals surface area contributed by atoms with Crippen LogP contribution < -0.4 is 16.0 Å². The van der Waals surface area contributed by atoms with Crippen molar-refractivity contribution in [1.29, 1.82) is 0 Å². The average molecular weight is 1450 g/mol. The molecule has 4 fully saturated rings. The fourth-order valence-electron chi connectivity index (χ4n) is 12.4. The van der Waals surface area contributed by atoms with E-state index in [1.807, 2.05) is 172 Å². The third kappa shape index (κ3) is 30.5. The summed E-state index contributed by atoms with van der Waals surface area (Å²) in [6.45, 7) is 14.7. The van der Waals surface area contributed by atoms with E-state index < -0.39 is 53.0 Å². The van der Waals surface area contributed by atoms with Crippen LogP contribution in [0.2, 0.25) is 0 Å². The molecule has 0 spiro atoms. The van der Waals surface area contributed by atoms with Crippen LogP contribution in [0, 0.1) is 17.8 Å². The van der Waals surface area contributed by atoms with E-state index in [2.05, 4.69) is 37.9 Å². The Morgan fingerprint density at radius 1 is 0.448 bits per heavy atom. The van der Waals surface area contributed by atoms with Gasteiger partial charge in [0, 0.05) is 72.2 Å². The summed E-state index contributed by atoms with van der Waals surface area (Å²) in [6, 6.07) is 52.5. The third-order valence-corrected chi connectivity index (χ3v) is 18.7. The molecule has 3 amide bonds. The second-order valence-corrected chi connectivity index (χ2v) is 27.1. The van der Waals surface area contributed by atoms with Crippen molar-refractivity contribution < 1.29 is 71.9 Å². The number of nitrogens with one attached hydrogen (secondary N) is 3. The van der Waals surface area contributed by atoms with Crippen molar-refractivity contribution >= 4 is 46.8 Å². The van der Waals surface area contributed by atoms with Gasteiger partial charge < -0.3 is 49.5 Å². The number of ketones is 4. The van der Waals surface area contributed by atoms with Gasteiger partial charge in [-0.3, -0.25) is 48.2 Å². The normalized spacial score (nSPS) is 18.2. The highest BCUT2D eigenvalue weighted by molar-refractivity contribution is 5.98. The molecule has 0 bridgehead atoms. The first-order valence-corrected chi connectivity index (χ1v) is 35.2. The maximum Gasteiger partial charge on any atom is 0.309 e. The molecule has 10 rings (SSSR count). The van der Waals surface area contributed by atoms with Crippen molar-refractivity contribution in [1.82, 2.24) is 25.8 Å². The fourth-order valence-corrected chi connectivity index (χ4v) is 12.4. The van der Waals surface area contributed by atoms with Crippen molar-refractivity contribution in [2.75, 3.05) is 93.3 Å². The van der Waals surface area contributed by atoms with E-state index >= 15 is 0 Å². The van der Waals surface area contributed by atoms with Gasteiger partial charge in [0.25, 0.3) is 0 Å². The van der Waals surface area contributed by atoms with E-state index in [1.54, 1.807) is 6.92 Å². The molecule has 4 heterocycles. The Labute approximate surface area is 624 Å². The molecule has 105 heavy (non-hydrogen) atoms. The first-order valence-electron chi connectivity index (χ1n) is 35.2. The number of aryl methyl sites for hydroxylation is 2. The minimum atomic E-state index is -1.09. The van der Waals surface area contributed by atoms with Gasteiger partial charge in [-0.1, -0.05) is 206 Å². The first kappa shape index (κ1) is 89.0. The molecule has 8 atom stereocenters. The Bertz CT molecular complexity index is 3560. The van der Waals surface area contributed by atoms with E-state index in [4.69, 9.17) is 28.4 Å². The summed E-state index contributed by atoms with van der Waals surface area (Å²) in [7, 11) is 2.87. The van der Waals surface area contributed by atoms with Crippen LogP contribution in [0.4, 0.5) is 0 Å². The van der Waals surface area contributed by atoms with Gasteiger partial charge >= 0.3 is 5.97 Å². The molecular formula is C85H117N5O15. The zero-order valence-electron chi connectivity index (χ0n) is 59.2. The third-order valence-electron chi connectivity index (χ3n) is 18.7. The summed E-state index contributed by atoms with van der Waals surface area (Å²) < 4.78 is 31.7. The van der Waals surface area contributed by atoms with Gasteiger partial charge in [-0.15, -0.1) is 0 Å². The number of nitrogens with zero attached hydrogens (tertiary/aromatic N) is 2. The summed E-state index contributed by atoms with van der Waals surface area (Å²) in [5, 5.41) is 18.1. The molecule has 4 saturated heterocycles. The quantitative estimate of drug-likeness (QED) is 0.0264. The lowest BCUT2D eigenvalue weighted by Crippen LogP contribution is -2.50. The highest BCUT2D eigenvalue weighted by Gasteiger charge is 2.51. The maximum atomic E-state index is 13.9. The van der Waals surface area contributed by atoms with Crippen LogP contribution >= 0.6 is 0 Å². The highest BCUT2D eigenvalue weighted by atomic mass is 16.6. The van der Waals surface area contributed by atoms with Gasteiger partial charge in [0.15, 0.2) is 23.1 Å². The average Bonchev–Trinajstić information content (AvgIpc) is 1.61. The number of hydrogen-bond acceptors (Lipinski definition) is 16. The minimum Gasteiger partial charge on any atom is -0.481 e. The van der Waals surface area contributed by atoms with Gasteiger partial charge in [0.1, 0.15) is 11.2 Å².